The van der Waals surface area contributed by atoms with Gasteiger partial charge in [0.25, 0.3) is 0 Å². The van der Waals surface area contributed by atoms with E-state index in [9.17, 15) is 8.42 Å². The van der Waals surface area contributed by atoms with E-state index in [1.54, 1.807) is 36.4 Å². The molecule has 100 valence electrons. The van der Waals surface area contributed by atoms with Gasteiger partial charge in [-0.1, -0.05) is 35.9 Å². The van der Waals surface area contributed by atoms with Crippen LogP contribution in [0.3, 0.4) is 0 Å². The first kappa shape index (κ1) is 13.4. The van der Waals surface area contributed by atoms with Crippen LogP contribution in [0.1, 0.15) is 11.1 Å². The predicted molar refractivity (Wildman–Crippen MR) is 75.5 cm³/mol. The van der Waals surface area contributed by atoms with Crippen LogP contribution >= 0.6 is 0 Å². The molecule has 0 unspecified atom stereocenters. The molecule has 2 aromatic rings. The number of hydrogen-bond acceptors (Lipinski definition) is 3. The minimum absolute atomic E-state index is 0.284. The van der Waals surface area contributed by atoms with Crippen molar-refractivity contribution in [2.75, 3.05) is 4.72 Å². The molecule has 0 aliphatic heterocycles. The fourth-order valence-electron chi connectivity index (χ4n) is 1.56. The largest absolute Gasteiger partial charge is 0.407 e. The van der Waals surface area contributed by atoms with Crippen LogP contribution in [0.15, 0.2) is 48.5 Å². The molecule has 0 saturated heterocycles. The Morgan fingerprint density at radius 3 is 2.21 bits per heavy atom. The van der Waals surface area contributed by atoms with Crippen LogP contribution in [0.2, 0.25) is 0 Å². The maximum Gasteiger partial charge on any atom is 0.407 e. The van der Waals surface area contributed by atoms with Crippen molar-refractivity contribution in [1.29, 1.82) is 0 Å². The molecular weight excluding hydrogens is 262 g/mol. The molecule has 2 aromatic carbocycles. The lowest BCUT2D eigenvalue weighted by Gasteiger charge is -2.11. The highest BCUT2D eigenvalue weighted by molar-refractivity contribution is 7.88. The van der Waals surface area contributed by atoms with E-state index in [1.165, 1.54) is 0 Å². The third-order valence-corrected chi connectivity index (χ3v) is 3.49. The Bertz CT molecular complexity index is 663. The fraction of sp³-hybridized carbons (Fsp3) is 0.143. The standard InChI is InChI=1S/C14H15NO3S/c1-11-7-9-13(10-8-11)18-19(16,17)15-14-6-4-3-5-12(14)2/h3-10,15H,1-2H3. The summed E-state index contributed by atoms with van der Waals surface area (Å²) in [4.78, 5) is 0. The molecule has 0 aliphatic rings. The summed E-state index contributed by atoms with van der Waals surface area (Å²) in [5, 5.41) is 0. The third kappa shape index (κ3) is 3.72. The third-order valence-electron chi connectivity index (χ3n) is 2.61. The second-order valence-corrected chi connectivity index (χ2v) is 5.55. The topological polar surface area (TPSA) is 55.4 Å². The number of rotatable bonds is 4. The average molecular weight is 277 g/mol. The molecule has 0 spiro atoms. The molecule has 0 bridgehead atoms. The van der Waals surface area contributed by atoms with Gasteiger partial charge in [-0.3, -0.25) is 4.72 Å². The van der Waals surface area contributed by atoms with Crippen LogP contribution in [0.25, 0.3) is 0 Å². The summed E-state index contributed by atoms with van der Waals surface area (Å²) < 4.78 is 31.1. The lowest BCUT2D eigenvalue weighted by atomic mass is 10.2. The number of aryl methyl sites for hydroxylation is 2. The number of nitrogens with one attached hydrogen (secondary N) is 1. The molecule has 0 amide bonds. The fourth-order valence-corrected chi connectivity index (χ4v) is 2.47. The van der Waals surface area contributed by atoms with Crippen LogP contribution in [0.5, 0.6) is 5.75 Å². The van der Waals surface area contributed by atoms with E-state index in [-0.39, 0.29) is 5.75 Å². The Kier molecular flexibility index (Phi) is 3.76. The molecule has 19 heavy (non-hydrogen) atoms. The van der Waals surface area contributed by atoms with E-state index in [1.807, 2.05) is 26.0 Å². The predicted octanol–water partition coefficient (Wildman–Crippen LogP) is 3.04. The van der Waals surface area contributed by atoms with Gasteiger partial charge in [0.15, 0.2) is 0 Å². The Morgan fingerprint density at radius 2 is 1.58 bits per heavy atom. The maximum atomic E-state index is 11.9. The van der Waals surface area contributed by atoms with Crippen molar-refractivity contribution in [3.8, 4) is 5.75 Å². The number of para-hydroxylation sites is 1. The zero-order valence-corrected chi connectivity index (χ0v) is 11.6. The van der Waals surface area contributed by atoms with Crippen molar-refractivity contribution in [2.45, 2.75) is 13.8 Å². The van der Waals surface area contributed by atoms with E-state index in [4.69, 9.17) is 4.18 Å². The Hall–Kier alpha value is -2.01. The van der Waals surface area contributed by atoms with Crippen molar-refractivity contribution in [3.63, 3.8) is 0 Å². The molecule has 5 heteroatoms. The van der Waals surface area contributed by atoms with Gasteiger partial charge in [-0.15, -0.1) is 0 Å². The van der Waals surface area contributed by atoms with E-state index in [2.05, 4.69) is 4.72 Å². The Balaban J connectivity index is 2.15. The van der Waals surface area contributed by atoms with Crippen molar-refractivity contribution in [1.82, 2.24) is 0 Å². The van der Waals surface area contributed by atoms with Crippen molar-refractivity contribution in [3.05, 3.63) is 59.7 Å². The van der Waals surface area contributed by atoms with Gasteiger partial charge in [-0.25, -0.2) is 0 Å². The molecule has 1 N–H and O–H groups in total. The number of anilines is 1. The average Bonchev–Trinajstić information content (AvgIpc) is 2.35. The lowest BCUT2D eigenvalue weighted by Crippen LogP contribution is -2.19. The molecule has 0 aliphatic carbocycles. The monoisotopic (exact) mass is 277 g/mol. The highest BCUT2D eigenvalue weighted by Gasteiger charge is 2.13. The molecule has 0 radical (unpaired) electrons. The second-order valence-electron chi connectivity index (χ2n) is 4.27. The van der Waals surface area contributed by atoms with Gasteiger partial charge >= 0.3 is 10.3 Å². The minimum atomic E-state index is -3.87. The Morgan fingerprint density at radius 1 is 0.947 bits per heavy atom. The summed E-state index contributed by atoms with van der Waals surface area (Å²) in [5.74, 6) is 0.284. The summed E-state index contributed by atoms with van der Waals surface area (Å²) in [6, 6.07) is 13.9. The second kappa shape index (κ2) is 5.32. The molecule has 0 atom stereocenters. The van der Waals surface area contributed by atoms with Gasteiger partial charge in [0, 0.05) is 0 Å². The normalized spacial score (nSPS) is 11.1. The van der Waals surface area contributed by atoms with E-state index in [0.717, 1.165) is 11.1 Å². The lowest BCUT2D eigenvalue weighted by molar-refractivity contribution is 0.492. The van der Waals surface area contributed by atoms with E-state index in [0.29, 0.717) is 5.69 Å². The first-order valence-corrected chi connectivity index (χ1v) is 7.22. The number of benzene rings is 2. The zero-order chi connectivity index (χ0) is 13.9. The number of hydrogen-bond donors (Lipinski definition) is 1. The Labute approximate surface area is 113 Å². The van der Waals surface area contributed by atoms with Crippen LogP contribution in [0.4, 0.5) is 5.69 Å². The van der Waals surface area contributed by atoms with Crippen LogP contribution in [-0.2, 0) is 10.3 Å². The smallest absolute Gasteiger partial charge is 0.367 e. The van der Waals surface area contributed by atoms with E-state index < -0.39 is 10.3 Å². The quantitative estimate of drug-likeness (QED) is 0.934. The van der Waals surface area contributed by atoms with Gasteiger partial charge in [-0.2, -0.15) is 8.42 Å². The SMILES string of the molecule is Cc1ccc(OS(=O)(=O)Nc2ccccc2C)cc1. The van der Waals surface area contributed by atoms with Crippen molar-refractivity contribution < 1.29 is 12.6 Å². The molecule has 0 saturated carbocycles. The van der Waals surface area contributed by atoms with Gasteiger partial charge in [0.05, 0.1) is 5.69 Å². The minimum Gasteiger partial charge on any atom is -0.367 e. The first-order valence-electron chi connectivity index (χ1n) is 5.81. The van der Waals surface area contributed by atoms with Crippen LogP contribution in [0, 0.1) is 13.8 Å². The highest BCUT2D eigenvalue weighted by atomic mass is 32.2. The van der Waals surface area contributed by atoms with Crippen LogP contribution in [-0.4, -0.2) is 8.42 Å². The summed E-state index contributed by atoms with van der Waals surface area (Å²) in [6.45, 7) is 3.74. The summed E-state index contributed by atoms with van der Waals surface area (Å²) >= 11 is 0. The first-order chi connectivity index (χ1) is 8.96. The van der Waals surface area contributed by atoms with Crippen LogP contribution < -0.4 is 8.91 Å². The summed E-state index contributed by atoms with van der Waals surface area (Å²) in [7, 11) is -3.87. The van der Waals surface area contributed by atoms with Crippen molar-refractivity contribution >= 4 is 16.0 Å². The zero-order valence-electron chi connectivity index (χ0n) is 10.8. The van der Waals surface area contributed by atoms with Gasteiger partial charge in [-0.05, 0) is 37.6 Å². The van der Waals surface area contributed by atoms with E-state index >= 15 is 0 Å². The molecule has 0 heterocycles. The molecule has 0 aromatic heterocycles. The van der Waals surface area contributed by atoms with Gasteiger partial charge < -0.3 is 4.18 Å². The molecule has 0 fully saturated rings. The molecule has 2 rings (SSSR count). The molecular formula is C14H15NO3S. The summed E-state index contributed by atoms with van der Waals surface area (Å²) in [5.41, 5.74) is 2.38. The van der Waals surface area contributed by atoms with Crippen molar-refractivity contribution in [2.24, 2.45) is 0 Å². The molecule has 4 nitrogen and oxygen atoms in total. The van der Waals surface area contributed by atoms with Gasteiger partial charge in [0.2, 0.25) is 0 Å². The summed E-state index contributed by atoms with van der Waals surface area (Å²) in [6.07, 6.45) is 0. The maximum absolute atomic E-state index is 11.9. The van der Waals surface area contributed by atoms with Gasteiger partial charge in [0.1, 0.15) is 5.75 Å². The highest BCUT2D eigenvalue weighted by Crippen LogP contribution is 2.18.